The Morgan fingerprint density at radius 2 is 0.385 bits per heavy atom. The van der Waals surface area contributed by atoms with E-state index in [1.807, 2.05) is 0 Å². The normalized spacial score (nSPS) is 12.5. The van der Waals surface area contributed by atoms with Gasteiger partial charge in [-0.1, -0.05) is 0 Å². The number of hydrogen-bond donors (Lipinski definition) is 0. The Bertz CT molecular complexity index is 63.7. The molecule has 0 aliphatic heterocycles. The molecule has 0 amide bonds. The minimum atomic E-state index is -11.3. The van der Waals surface area contributed by atoms with E-state index in [0.717, 1.165) is 0 Å². The first-order valence-corrected chi connectivity index (χ1v) is 7.58. The van der Waals surface area contributed by atoms with Crippen molar-refractivity contribution in [2.75, 3.05) is 0 Å². The summed E-state index contributed by atoms with van der Waals surface area (Å²) in [4.78, 5) is 0. The maximum absolute atomic E-state index is 11.3. The van der Waals surface area contributed by atoms with Crippen LogP contribution >= 0.6 is 0 Å². The van der Waals surface area contributed by atoms with Crippen molar-refractivity contribution < 1.29 is 63.9 Å². The van der Waals surface area contributed by atoms with Crippen molar-refractivity contribution >= 4 is 0 Å². The van der Waals surface area contributed by atoms with E-state index in [4.69, 9.17) is 0 Å². The Hall–Kier alpha value is -0.152. The first-order valence-electron chi connectivity index (χ1n) is 0.926. The summed E-state index contributed by atoms with van der Waals surface area (Å²) in [6.45, 7) is 0. The molecule has 0 atom stereocenters. The average molecular weight is 418 g/mol. The molecule has 0 nitrogen and oxygen atoms in total. The Morgan fingerprint density at radius 3 is 0.385 bits per heavy atom. The van der Waals surface area contributed by atoms with Crippen LogP contribution in [0.2, 0.25) is 0 Å². The van der Waals surface area contributed by atoms with Gasteiger partial charge in [0.25, 0.3) is 0 Å². The molecule has 0 spiro atoms. The van der Waals surface area contributed by atoms with Gasteiger partial charge in [0.2, 0.25) is 0 Å². The third-order valence-corrected chi connectivity index (χ3v) is 0. The zero-order valence-electron chi connectivity index (χ0n) is 5.13. The molecular weight excluding hydrogens is 412 g/mol. The first kappa shape index (κ1) is 52.7. The summed E-state index contributed by atoms with van der Waals surface area (Å²) in [5.74, 6) is 0. The van der Waals surface area contributed by atoms with Gasteiger partial charge in [0.1, 0.15) is 0 Å². The number of hydrogen-bond acceptors (Lipinski definition) is 0. The fourth-order valence-electron chi connectivity index (χ4n) is 0. The molecule has 0 radical (unpaired) electrons. The standard InChI is InChI=1S/12FH.W/h12*1H;/q;;;;;;;;;;;;+6/p-6. The zero-order chi connectivity index (χ0) is 6.41. The Balaban J connectivity index is -0.0000000120. The van der Waals surface area contributed by atoms with E-state index in [9.17, 15) is 18.9 Å². The molecule has 96 valence electrons. The van der Waals surface area contributed by atoms with Crippen LogP contribution in [0.4, 0.5) is 47.2 Å². The van der Waals surface area contributed by atoms with E-state index < -0.39 is 16.7 Å². The van der Waals surface area contributed by atoms with E-state index in [-0.39, 0.29) is 28.2 Å². The summed E-state index contributed by atoms with van der Waals surface area (Å²) in [6, 6.07) is 0. The van der Waals surface area contributed by atoms with Crippen LogP contribution in [0, 0.1) is 0 Å². The summed E-state index contributed by atoms with van der Waals surface area (Å²) < 4.78 is 59.6. The third kappa shape index (κ3) is 49900. The molecule has 0 heterocycles. The molecule has 13 heteroatoms. The van der Waals surface area contributed by atoms with Crippen molar-refractivity contribution in [3.05, 3.63) is 0 Å². The van der Waals surface area contributed by atoms with Gasteiger partial charge in [0.15, 0.2) is 0 Å². The van der Waals surface area contributed by atoms with Gasteiger partial charge >= 0.3 is 35.7 Å². The predicted molar refractivity (Wildman–Crippen MR) is 21.7 cm³/mol. The van der Waals surface area contributed by atoms with E-state index in [2.05, 4.69) is 0 Å². The van der Waals surface area contributed by atoms with Crippen molar-refractivity contribution in [3.63, 3.8) is 0 Å². The van der Waals surface area contributed by atoms with E-state index in [1.165, 1.54) is 0 Å². The Morgan fingerprint density at radius 1 is 0.385 bits per heavy atom. The predicted octanol–water partition coefficient (Wildman–Crippen LogP) is 3.43. The van der Waals surface area contributed by atoms with Crippen LogP contribution < -0.4 is 0 Å². The summed E-state index contributed by atoms with van der Waals surface area (Å²) in [7, 11) is 0. The summed E-state index contributed by atoms with van der Waals surface area (Å²) in [5, 5.41) is 0. The van der Waals surface area contributed by atoms with Gasteiger partial charge < -0.3 is 0 Å². The zero-order valence-corrected chi connectivity index (χ0v) is 8.06. The van der Waals surface area contributed by atoms with Crippen molar-refractivity contribution in [1.29, 1.82) is 0 Å². The summed E-state index contributed by atoms with van der Waals surface area (Å²) >= 11 is -11.3. The second-order valence-corrected chi connectivity index (χ2v) is 7.16. The van der Waals surface area contributed by atoms with Crippen molar-refractivity contribution in [1.82, 2.24) is 0 Å². The molecule has 0 bridgehead atoms. The molecule has 0 aromatic carbocycles. The van der Waals surface area contributed by atoms with E-state index >= 15 is 0 Å². The molecule has 13 heavy (non-hydrogen) atoms. The van der Waals surface area contributed by atoms with E-state index in [1.54, 1.807) is 0 Å². The first-order chi connectivity index (χ1) is 2.45. The number of halogens is 12. The molecule has 0 unspecified atom stereocenters. The summed E-state index contributed by atoms with van der Waals surface area (Å²) in [5.41, 5.74) is 0. The van der Waals surface area contributed by atoms with Gasteiger partial charge in [-0.3, -0.25) is 28.2 Å². The molecule has 0 aromatic rings. The van der Waals surface area contributed by atoms with Gasteiger partial charge in [-0.2, -0.15) is 0 Å². The molecular formula is H6F12W. The quantitative estimate of drug-likeness (QED) is 0.530. The van der Waals surface area contributed by atoms with Gasteiger partial charge in [-0.25, -0.2) is 0 Å². The molecule has 0 aliphatic carbocycles. The second-order valence-electron chi connectivity index (χ2n) is 0.875. The monoisotopic (exact) mass is 418 g/mol. The van der Waals surface area contributed by atoms with Crippen LogP contribution in [0.1, 0.15) is 0 Å². The maximum atomic E-state index is 9.93. The van der Waals surface area contributed by atoms with Crippen LogP contribution in [-0.4, -0.2) is 0 Å². The fraction of sp³-hybridized carbons (Fsp3) is 0. The number of rotatable bonds is 0. The molecule has 0 fully saturated rings. The SMILES string of the molecule is F.F.F.F.F.F.[F][W]([F])([F])([F])([F])[F]. The third-order valence-electron chi connectivity index (χ3n) is 0. The van der Waals surface area contributed by atoms with Crippen LogP contribution in [0.5, 0.6) is 0 Å². The second kappa shape index (κ2) is 6.32. The van der Waals surface area contributed by atoms with Gasteiger partial charge in [-0.05, 0) is 0 Å². The summed E-state index contributed by atoms with van der Waals surface area (Å²) in [6.07, 6.45) is 0. The Labute approximate surface area is 64.9 Å². The molecule has 0 aliphatic rings. The average Bonchev–Trinajstić information content (AvgIpc) is 0.592. The van der Waals surface area contributed by atoms with Crippen molar-refractivity contribution in [2.24, 2.45) is 0 Å². The topological polar surface area (TPSA) is 0 Å². The van der Waals surface area contributed by atoms with Gasteiger partial charge in [0, 0.05) is 0 Å². The molecule has 0 rings (SSSR count). The van der Waals surface area contributed by atoms with E-state index in [0.29, 0.717) is 0 Å². The van der Waals surface area contributed by atoms with Crippen LogP contribution in [0.15, 0.2) is 0 Å². The Kier molecular flexibility index (Phi) is 25.7. The van der Waals surface area contributed by atoms with Crippen molar-refractivity contribution in [2.45, 2.75) is 0 Å². The van der Waals surface area contributed by atoms with Crippen LogP contribution in [0.25, 0.3) is 0 Å². The fourth-order valence-corrected chi connectivity index (χ4v) is 0. The van der Waals surface area contributed by atoms with Gasteiger partial charge in [0.05, 0.1) is 0 Å². The molecule has 0 saturated carbocycles. The van der Waals surface area contributed by atoms with Crippen molar-refractivity contribution in [3.8, 4) is 0 Å². The van der Waals surface area contributed by atoms with Crippen LogP contribution in [-0.2, 0) is 16.7 Å². The molecule has 0 saturated heterocycles. The molecule has 0 N–H and O–H groups in total. The van der Waals surface area contributed by atoms with Gasteiger partial charge in [-0.15, -0.1) is 0 Å². The van der Waals surface area contributed by atoms with Crippen LogP contribution in [0.3, 0.4) is 0 Å². The molecule has 0 aromatic heterocycles. The minimum absolute atomic E-state index is 0.